The predicted molar refractivity (Wildman–Crippen MR) is 134 cm³/mol. The van der Waals surface area contributed by atoms with Crippen LogP contribution in [0.1, 0.15) is 46.7 Å². The number of nitrogens with one attached hydrogen (secondary N) is 2. The van der Waals surface area contributed by atoms with Crippen LogP contribution in [0, 0.1) is 5.92 Å². The van der Waals surface area contributed by atoms with Crippen LogP contribution in [0.4, 0.5) is 4.79 Å². The van der Waals surface area contributed by atoms with Crippen LogP contribution in [0.25, 0.3) is 0 Å². The largest absolute Gasteiger partial charge is 0.444 e. The Bertz CT molecular complexity index is 1170. The van der Waals surface area contributed by atoms with E-state index in [-0.39, 0.29) is 28.7 Å². The number of alkyl carbamates (subject to hydrolysis) is 1. The molecule has 1 aromatic carbocycles. The van der Waals surface area contributed by atoms with Crippen LogP contribution in [-0.2, 0) is 30.7 Å². The number of rotatable bonds is 8. The van der Waals surface area contributed by atoms with Gasteiger partial charge in [-0.05, 0) is 63.4 Å². The highest BCUT2D eigenvalue weighted by Crippen LogP contribution is 2.19. The molecule has 0 saturated carbocycles. The maximum Gasteiger partial charge on any atom is 0.408 e. The Labute approximate surface area is 211 Å². The molecule has 3 amide bonds. The summed E-state index contributed by atoms with van der Waals surface area (Å²) in [7, 11) is -3.79. The highest BCUT2D eigenvalue weighted by molar-refractivity contribution is 7.92. The molecule has 0 radical (unpaired) electrons. The summed E-state index contributed by atoms with van der Waals surface area (Å²) in [5.74, 6) is -1.52. The van der Waals surface area contributed by atoms with Crippen molar-refractivity contribution in [3.05, 3.63) is 59.4 Å². The number of pyridine rings is 1. The lowest BCUT2D eigenvalue weighted by Crippen LogP contribution is -2.44. The Morgan fingerprint density at radius 2 is 1.86 bits per heavy atom. The van der Waals surface area contributed by atoms with E-state index in [1.807, 2.05) is 13.8 Å². The molecule has 2 aromatic rings. The summed E-state index contributed by atoms with van der Waals surface area (Å²) in [6.45, 7) is 8.80. The number of nitrogens with zero attached hydrogens (tertiary/aromatic N) is 2. The van der Waals surface area contributed by atoms with E-state index in [2.05, 4.69) is 19.4 Å². The van der Waals surface area contributed by atoms with E-state index in [1.54, 1.807) is 45.0 Å². The highest BCUT2D eigenvalue weighted by atomic mass is 35.5. The van der Waals surface area contributed by atoms with E-state index >= 15 is 0 Å². The van der Waals surface area contributed by atoms with E-state index < -0.39 is 39.5 Å². The number of hydrogen-bond donors (Lipinski definition) is 2. The van der Waals surface area contributed by atoms with Crippen molar-refractivity contribution in [3.8, 4) is 0 Å². The molecule has 2 N–H and O–H groups in total. The molecular weight excluding hydrogens is 492 g/mol. The monoisotopic (exact) mass is 522 g/mol. The normalized spacial score (nSPS) is 13.9. The minimum Gasteiger partial charge on any atom is -0.444 e. The van der Waals surface area contributed by atoms with Crippen LogP contribution in [0.15, 0.2) is 57.9 Å². The van der Waals surface area contributed by atoms with E-state index in [0.29, 0.717) is 5.69 Å². The van der Waals surface area contributed by atoms with Gasteiger partial charge in [-0.25, -0.2) is 9.00 Å². The number of hydrogen-bond acceptors (Lipinski definition) is 6. The third-order valence-electron chi connectivity index (χ3n) is 4.35. The van der Waals surface area contributed by atoms with Crippen molar-refractivity contribution in [2.24, 2.45) is 10.3 Å². The van der Waals surface area contributed by atoms with Crippen molar-refractivity contribution < 1.29 is 23.3 Å². The van der Waals surface area contributed by atoms with Crippen molar-refractivity contribution in [2.75, 3.05) is 0 Å². The van der Waals surface area contributed by atoms with Crippen molar-refractivity contribution in [1.82, 2.24) is 15.0 Å². The molecule has 190 valence electrons. The van der Waals surface area contributed by atoms with Crippen molar-refractivity contribution in [3.63, 3.8) is 0 Å². The SMILES string of the molecule is CC(C)C[C@H](NC(=O)OC(C)(C)C)C(=O)N=S(=O)(NC(=O)Cc1ccccn1)c1cccc(Cl)c1. The zero-order valence-corrected chi connectivity index (χ0v) is 22.0. The molecule has 0 fully saturated rings. The van der Waals surface area contributed by atoms with Crippen molar-refractivity contribution in [2.45, 2.75) is 64.0 Å². The topological polar surface area (TPSA) is 127 Å². The summed E-state index contributed by atoms with van der Waals surface area (Å²) < 4.78 is 25.5. The Balaban J connectivity index is 2.42. The third-order valence-corrected chi connectivity index (χ3v) is 6.42. The summed E-state index contributed by atoms with van der Waals surface area (Å²) in [6, 6.07) is 9.87. The Morgan fingerprint density at radius 1 is 1.14 bits per heavy atom. The summed E-state index contributed by atoms with van der Waals surface area (Å²) in [4.78, 5) is 42.4. The average Bonchev–Trinajstić information content (AvgIpc) is 2.72. The maximum absolute atomic E-state index is 13.9. The van der Waals surface area contributed by atoms with Crippen LogP contribution in [0.2, 0.25) is 5.02 Å². The second-order valence-corrected chi connectivity index (χ2v) is 11.6. The number of amides is 3. The molecule has 0 aliphatic heterocycles. The summed E-state index contributed by atoms with van der Waals surface area (Å²) >= 11 is 6.07. The summed E-state index contributed by atoms with van der Waals surface area (Å²) in [5.41, 5.74) is -0.325. The first kappa shape index (κ1) is 28.3. The molecule has 0 aliphatic rings. The van der Waals surface area contributed by atoms with Gasteiger partial charge in [0, 0.05) is 16.9 Å². The number of ether oxygens (including phenoxy) is 1. The second kappa shape index (κ2) is 12.1. The number of benzene rings is 1. The Hall–Kier alpha value is -2.98. The van der Waals surface area contributed by atoms with Crippen LogP contribution in [-0.4, -0.2) is 38.7 Å². The Morgan fingerprint density at radius 3 is 2.43 bits per heavy atom. The zero-order chi connectivity index (χ0) is 26.2. The van der Waals surface area contributed by atoms with Gasteiger partial charge in [0.25, 0.3) is 5.91 Å². The molecule has 1 aromatic heterocycles. The third kappa shape index (κ3) is 9.65. The number of carbonyl (C=O) groups is 3. The minimum absolute atomic E-state index is 0.00458. The van der Waals surface area contributed by atoms with Crippen LogP contribution in [0.3, 0.4) is 0 Å². The molecule has 2 atom stereocenters. The first-order chi connectivity index (χ1) is 16.3. The highest BCUT2D eigenvalue weighted by Gasteiger charge is 2.28. The quantitative estimate of drug-likeness (QED) is 0.532. The molecule has 2 rings (SSSR count). The van der Waals surface area contributed by atoms with Gasteiger partial charge in [-0.3, -0.25) is 19.3 Å². The molecular formula is C24H31ClN4O5S. The fourth-order valence-electron chi connectivity index (χ4n) is 2.96. The van der Waals surface area contributed by atoms with Crippen molar-refractivity contribution >= 4 is 39.4 Å². The first-order valence-electron chi connectivity index (χ1n) is 11.0. The lowest BCUT2D eigenvalue weighted by molar-refractivity contribution is -0.120. The van der Waals surface area contributed by atoms with Gasteiger partial charge in [-0.1, -0.05) is 37.6 Å². The molecule has 0 spiro atoms. The molecule has 1 unspecified atom stereocenters. The maximum atomic E-state index is 13.9. The molecule has 11 heteroatoms. The summed E-state index contributed by atoms with van der Waals surface area (Å²) in [6.07, 6.45) is 0.770. The van der Waals surface area contributed by atoms with E-state index in [4.69, 9.17) is 16.3 Å². The Kier molecular flexibility index (Phi) is 9.79. The molecule has 0 aliphatic carbocycles. The number of halogens is 1. The summed E-state index contributed by atoms with van der Waals surface area (Å²) in [5, 5.41) is 2.76. The number of aromatic nitrogens is 1. The van der Waals surface area contributed by atoms with Gasteiger partial charge >= 0.3 is 6.09 Å². The van der Waals surface area contributed by atoms with Gasteiger partial charge in [-0.15, -0.1) is 4.36 Å². The standard InChI is InChI=1S/C24H31ClN4O5S/c1-16(2)13-20(27-23(32)34-24(3,4)5)22(31)29-35(33,19-11-8-9-17(25)14-19)28-21(30)15-18-10-6-7-12-26-18/h6-12,14,16,20H,13,15H2,1-5H3,(H,27,32)(H,28,29,30,31,33)/t20-,35?/m0/s1. The van der Waals surface area contributed by atoms with E-state index in [1.165, 1.54) is 24.4 Å². The molecule has 0 bridgehead atoms. The van der Waals surface area contributed by atoms with Gasteiger partial charge in [0.1, 0.15) is 11.6 Å². The van der Waals surface area contributed by atoms with Crippen molar-refractivity contribution in [1.29, 1.82) is 0 Å². The fourth-order valence-corrected chi connectivity index (χ4v) is 4.80. The smallest absolute Gasteiger partial charge is 0.408 e. The lowest BCUT2D eigenvalue weighted by Gasteiger charge is -2.23. The molecule has 0 saturated heterocycles. The average molecular weight is 523 g/mol. The van der Waals surface area contributed by atoms with Gasteiger partial charge < -0.3 is 10.1 Å². The van der Waals surface area contributed by atoms with Crippen LogP contribution < -0.4 is 10.0 Å². The second-order valence-electron chi connectivity index (χ2n) is 9.26. The fraction of sp³-hybridized carbons (Fsp3) is 0.417. The molecule has 9 nitrogen and oxygen atoms in total. The van der Waals surface area contributed by atoms with Gasteiger partial charge in [0.05, 0.1) is 11.3 Å². The predicted octanol–water partition coefficient (Wildman–Crippen LogP) is 4.30. The molecule has 1 heterocycles. The molecule has 35 heavy (non-hydrogen) atoms. The number of carbonyl (C=O) groups excluding carboxylic acids is 3. The minimum atomic E-state index is -3.79. The van der Waals surface area contributed by atoms with Gasteiger partial charge in [-0.2, -0.15) is 0 Å². The van der Waals surface area contributed by atoms with Crippen LogP contribution >= 0.6 is 11.6 Å². The van der Waals surface area contributed by atoms with Gasteiger partial charge in [0.2, 0.25) is 5.91 Å². The lowest BCUT2D eigenvalue weighted by atomic mass is 10.0. The van der Waals surface area contributed by atoms with Crippen LogP contribution in [0.5, 0.6) is 0 Å². The van der Waals surface area contributed by atoms with E-state index in [0.717, 1.165) is 0 Å². The first-order valence-corrected chi connectivity index (χ1v) is 12.9. The van der Waals surface area contributed by atoms with E-state index in [9.17, 15) is 18.6 Å². The van der Waals surface area contributed by atoms with Gasteiger partial charge in [0.15, 0.2) is 9.92 Å². The zero-order valence-electron chi connectivity index (χ0n) is 20.4.